The van der Waals surface area contributed by atoms with Gasteiger partial charge in [0.1, 0.15) is 24.1 Å². The van der Waals surface area contributed by atoms with Crippen molar-refractivity contribution in [1.29, 1.82) is 0 Å². The van der Waals surface area contributed by atoms with Gasteiger partial charge in [-0.05, 0) is 50.2 Å². The number of imidazole rings is 1. The van der Waals surface area contributed by atoms with Crippen molar-refractivity contribution in [3.8, 4) is 5.88 Å². The molecule has 198 valence electrons. The largest absolute Gasteiger partial charge is 0.473 e. The highest BCUT2D eigenvalue weighted by atomic mass is 35.5. The fourth-order valence-electron chi connectivity index (χ4n) is 4.46. The van der Waals surface area contributed by atoms with Crippen LogP contribution in [0, 0.1) is 5.82 Å². The normalized spacial score (nSPS) is 15.3. The van der Waals surface area contributed by atoms with Gasteiger partial charge in [0.15, 0.2) is 0 Å². The van der Waals surface area contributed by atoms with Crippen LogP contribution in [0.2, 0.25) is 5.02 Å². The van der Waals surface area contributed by atoms with Gasteiger partial charge >= 0.3 is 0 Å². The van der Waals surface area contributed by atoms with E-state index >= 15 is 0 Å². The Balaban J connectivity index is 1.35. The van der Waals surface area contributed by atoms with E-state index < -0.39 is 11.6 Å². The minimum absolute atomic E-state index is 0.0731. The van der Waals surface area contributed by atoms with Crippen LogP contribution in [0.4, 0.5) is 8.78 Å². The van der Waals surface area contributed by atoms with Crippen LogP contribution in [0.15, 0.2) is 48.7 Å². The van der Waals surface area contributed by atoms with Gasteiger partial charge < -0.3 is 19.1 Å². The SMILES string of the molecule is COCCn1c(/C(F)=C/CO)cnc1CN1CCC(c2cccc(OCc3ccc(Cl)cc3F)n2)CC1. The molecule has 37 heavy (non-hydrogen) atoms. The van der Waals surface area contributed by atoms with Crippen LogP contribution >= 0.6 is 11.6 Å². The molecular weight excluding hydrogens is 502 g/mol. The number of likely N-dealkylation sites (tertiary alicyclic amines) is 1. The zero-order valence-electron chi connectivity index (χ0n) is 20.7. The lowest BCUT2D eigenvalue weighted by Crippen LogP contribution is -2.33. The summed E-state index contributed by atoms with van der Waals surface area (Å²) in [7, 11) is 1.60. The average molecular weight is 533 g/mol. The van der Waals surface area contributed by atoms with Gasteiger partial charge in [0, 0.05) is 41.9 Å². The summed E-state index contributed by atoms with van der Waals surface area (Å²) in [5, 5.41) is 9.40. The summed E-state index contributed by atoms with van der Waals surface area (Å²) in [6, 6.07) is 10.2. The molecule has 1 N–H and O–H groups in total. The van der Waals surface area contributed by atoms with Gasteiger partial charge in [-0.15, -0.1) is 0 Å². The number of ether oxygens (including phenoxy) is 2. The average Bonchev–Trinajstić information content (AvgIpc) is 3.30. The Labute approximate surface area is 220 Å². The third-order valence-electron chi connectivity index (χ3n) is 6.48. The third-order valence-corrected chi connectivity index (χ3v) is 6.71. The number of hydrogen-bond acceptors (Lipinski definition) is 6. The summed E-state index contributed by atoms with van der Waals surface area (Å²) in [6.07, 6.45) is 4.45. The second-order valence-corrected chi connectivity index (χ2v) is 9.35. The Morgan fingerprint density at radius 2 is 2.05 bits per heavy atom. The van der Waals surface area contributed by atoms with E-state index in [2.05, 4.69) is 14.9 Å². The van der Waals surface area contributed by atoms with Crippen LogP contribution < -0.4 is 4.74 Å². The van der Waals surface area contributed by atoms with Crippen molar-refractivity contribution in [1.82, 2.24) is 19.4 Å². The molecule has 0 unspecified atom stereocenters. The van der Waals surface area contributed by atoms with E-state index in [4.69, 9.17) is 26.2 Å². The molecule has 3 aromatic rings. The highest BCUT2D eigenvalue weighted by Gasteiger charge is 2.24. The van der Waals surface area contributed by atoms with Gasteiger partial charge in [0.25, 0.3) is 0 Å². The van der Waals surface area contributed by atoms with Crippen LogP contribution in [-0.4, -0.2) is 58.0 Å². The predicted molar refractivity (Wildman–Crippen MR) is 138 cm³/mol. The number of hydrogen-bond donors (Lipinski definition) is 1. The number of pyridine rings is 1. The number of nitrogens with zero attached hydrogens (tertiary/aromatic N) is 4. The van der Waals surface area contributed by atoms with Crippen molar-refractivity contribution in [2.75, 3.05) is 33.4 Å². The standard InChI is InChI=1S/C27H31ClF2N4O3/c1-36-14-12-34-25(22(29)9-13-35)16-31-26(34)17-33-10-7-19(8-11-33)24-3-2-4-27(32-24)37-18-20-5-6-21(28)15-23(20)30/h2-6,9,15-16,19,35H,7-8,10-14,17-18H2,1H3/b22-9-. The molecule has 10 heteroatoms. The number of aromatic nitrogens is 3. The highest BCUT2D eigenvalue weighted by Crippen LogP contribution is 2.29. The molecule has 1 aliphatic rings. The van der Waals surface area contributed by atoms with Crippen LogP contribution in [-0.2, 0) is 24.4 Å². The second-order valence-electron chi connectivity index (χ2n) is 8.91. The molecule has 1 saturated heterocycles. The Bertz CT molecular complexity index is 1210. The number of aliphatic hydroxyl groups is 1. The molecule has 1 aromatic carbocycles. The van der Waals surface area contributed by atoms with Crippen molar-refractivity contribution in [2.24, 2.45) is 0 Å². The van der Waals surface area contributed by atoms with Crippen molar-refractivity contribution in [2.45, 2.75) is 38.5 Å². The topological polar surface area (TPSA) is 72.6 Å². The van der Waals surface area contributed by atoms with Crippen LogP contribution in [0.1, 0.15) is 41.5 Å². The van der Waals surface area contributed by atoms with E-state index in [-0.39, 0.29) is 19.1 Å². The van der Waals surface area contributed by atoms with Gasteiger partial charge in [0.05, 0.1) is 31.6 Å². The number of halogens is 3. The van der Waals surface area contributed by atoms with Crippen molar-refractivity contribution < 1.29 is 23.4 Å². The van der Waals surface area contributed by atoms with E-state index in [9.17, 15) is 8.78 Å². The summed E-state index contributed by atoms with van der Waals surface area (Å²) >= 11 is 5.82. The number of benzene rings is 1. The van der Waals surface area contributed by atoms with Crippen molar-refractivity contribution in [3.63, 3.8) is 0 Å². The fourth-order valence-corrected chi connectivity index (χ4v) is 4.62. The van der Waals surface area contributed by atoms with E-state index in [0.717, 1.165) is 43.5 Å². The minimum Gasteiger partial charge on any atom is -0.473 e. The number of methoxy groups -OCH3 is 1. The molecule has 3 heterocycles. The fraction of sp³-hybridized carbons (Fsp3) is 0.407. The minimum atomic E-state index is -0.497. The van der Waals surface area contributed by atoms with E-state index in [1.165, 1.54) is 12.3 Å². The quantitative estimate of drug-likeness (QED) is 0.375. The first-order chi connectivity index (χ1) is 18.0. The number of piperidine rings is 1. The molecule has 4 rings (SSSR count). The summed E-state index contributed by atoms with van der Waals surface area (Å²) in [5.41, 5.74) is 1.72. The maximum absolute atomic E-state index is 14.4. The van der Waals surface area contributed by atoms with Gasteiger partial charge in [-0.3, -0.25) is 4.90 Å². The highest BCUT2D eigenvalue weighted by molar-refractivity contribution is 6.30. The third kappa shape index (κ3) is 7.13. The van der Waals surface area contributed by atoms with Gasteiger partial charge in [-0.2, -0.15) is 0 Å². The molecular formula is C27H31ClF2N4O3. The molecule has 0 radical (unpaired) electrons. The summed E-state index contributed by atoms with van der Waals surface area (Å²) in [4.78, 5) is 11.4. The lowest BCUT2D eigenvalue weighted by molar-refractivity contribution is 0.177. The van der Waals surface area contributed by atoms with E-state index in [1.807, 2.05) is 16.7 Å². The Morgan fingerprint density at radius 1 is 1.24 bits per heavy atom. The summed E-state index contributed by atoms with van der Waals surface area (Å²) < 4.78 is 41.2. The monoisotopic (exact) mass is 532 g/mol. The molecule has 1 fully saturated rings. The predicted octanol–water partition coefficient (Wildman–Crippen LogP) is 4.98. The maximum atomic E-state index is 14.4. The lowest BCUT2D eigenvalue weighted by Gasteiger charge is -2.31. The first-order valence-electron chi connectivity index (χ1n) is 12.2. The lowest BCUT2D eigenvalue weighted by atomic mass is 9.93. The van der Waals surface area contributed by atoms with Crippen LogP contribution in [0.25, 0.3) is 5.83 Å². The molecule has 0 spiro atoms. The first kappa shape index (κ1) is 27.2. The van der Waals surface area contributed by atoms with Crippen LogP contribution in [0.3, 0.4) is 0 Å². The zero-order valence-corrected chi connectivity index (χ0v) is 21.5. The zero-order chi connectivity index (χ0) is 26.2. The second kappa shape index (κ2) is 13.1. The summed E-state index contributed by atoms with van der Waals surface area (Å²) in [6.45, 7) is 2.88. The number of aliphatic hydroxyl groups excluding tert-OH is 1. The Hall–Kier alpha value is -2.85. The molecule has 0 bridgehead atoms. The Kier molecular flexibility index (Phi) is 9.62. The van der Waals surface area contributed by atoms with E-state index in [1.54, 1.807) is 25.3 Å². The molecule has 0 amide bonds. The first-order valence-corrected chi connectivity index (χ1v) is 12.6. The van der Waals surface area contributed by atoms with Crippen molar-refractivity contribution >= 4 is 17.4 Å². The van der Waals surface area contributed by atoms with Gasteiger partial charge in [0.2, 0.25) is 5.88 Å². The molecule has 0 saturated carbocycles. The molecule has 2 aromatic heterocycles. The molecule has 0 atom stereocenters. The van der Waals surface area contributed by atoms with Gasteiger partial charge in [-0.25, -0.2) is 18.7 Å². The number of rotatable bonds is 11. The maximum Gasteiger partial charge on any atom is 0.213 e. The van der Waals surface area contributed by atoms with E-state index in [0.29, 0.717) is 41.9 Å². The molecule has 7 nitrogen and oxygen atoms in total. The molecule has 1 aliphatic heterocycles. The van der Waals surface area contributed by atoms with Crippen molar-refractivity contribution in [3.05, 3.63) is 82.3 Å². The summed E-state index contributed by atoms with van der Waals surface area (Å²) in [5.74, 6) is 0.594. The smallest absolute Gasteiger partial charge is 0.213 e. The molecule has 0 aliphatic carbocycles. The van der Waals surface area contributed by atoms with Gasteiger partial charge in [-0.1, -0.05) is 23.7 Å². The Morgan fingerprint density at radius 3 is 2.78 bits per heavy atom. The van der Waals surface area contributed by atoms with Crippen LogP contribution in [0.5, 0.6) is 5.88 Å².